The molecule has 0 atom stereocenters. The highest BCUT2D eigenvalue weighted by atomic mass is 19.1. The maximum atomic E-state index is 13.6. The number of phenolic OH excluding ortho intramolecular Hbond substituents is 1. The monoisotopic (exact) mass is 328 g/mol. The fraction of sp³-hybridized carbons (Fsp3) is 0.316. The largest absolute Gasteiger partial charge is 0.508 e. The van der Waals surface area contributed by atoms with E-state index in [0.29, 0.717) is 6.54 Å². The molecular weight excluding hydrogens is 307 g/mol. The number of nitrogens with zero attached hydrogens (tertiary/aromatic N) is 1. The van der Waals surface area contributed by atoms with E-state index in [2.05, 4.69) is 5.32 Å². The van der Waals surface area contributed by atoms with Crippen LogP contribution in [-0.4, -0.2) is 24.1 Å². The smallest absolute Gasteiger partial charge is 0.239 e. The van der Waals surface area contributed by atoms with Crippen LogP contribution < -0.4 is 10.2 Å². The number of amides is 1. The molecule has 0 aliphatic carbocycles. The minimum absolute atomic E-state index is 0.0970. The number of rotatable bonds is 4. The van der Waals surface area contributed by atoms with Gasteiger partial charge in [0, 0.05) is 18.8 Å². The summed E-state index contributed by atoms with van der Waals surface area (Å²) in [5.41, 5.74) is 2.84. The van der Waals surface area contributed by atoms with Gasteiger partial charge in [0.25, 0.3) is 0 Å². The Bertz CT molecular complexity index is 716. The number of fused-ring (bicyclic) bond motifs is 1. The van der Waals surface area contributed by atoms with Crippen molar-refractivity contribution >= 4 is 11.6 Å². The van der Waals surface area contributed by atoms with Crippen molar-refractivity contribution in [3.8, 4) is 5.75 Å². The van der Waals surface area contributed by atoms with Gasteiger partial charge in [-0.05, 0) is 54.7 Å². The van der Waals surface area contributed by atoms with E-state index in [1.165, 1.54) is 12.1 Å². The average Bonchev–Trinajstić information content (AvgIpc) is 2.77. The molecule has 2 N–H and O–H groups in total. The number of carbonyl (C=O) groups excluding carboxylic acids is 1. The molecule has 0 radical (unpaired) electrons. The van der Waals surface area contributed by atoms with Crippen molar-refractivity contribution in [2.24, 2.45) is 0 Å². The topological polar surface area (TPSA) is 52.6 Å². The summed E-state index contributed by atoms with van der Waals surface area (Å²) < 4.78 is 13.6. The van der Waals surface area contributed by atoms with Crippen LogP contribution in [0.4, 0.5) is 10.1 Å². The number of aromatic hydroxyl groups is 1. The average molecular weight is 328 g/mol. The summed E-state index contributed by atoms with van der Waals surface area (Å²) in [6.07, 6.45) is 2.95. The lowest BCUT2D eigenvalue weighted by Crippen LogP contribution is -2.37. The Labute approximate surface area is 140 Å². The van der Waals surface area contributed by atoms with E-state index in [9.17, 15) is 14.3 Å². The molecule has 2 aromatic rings. The van der Waals surface area contributed by atoms with Gasteiger partial charge in [0.15, 0.2) is 0 Å². The normalized spacial score (nSPS) is 14.0. The van der Waals surface area contributed by atoms with Gasteiger partial charge < -0.3 is 15.3 Å². The van der Waals surface area contributed by atoms with Crippen molar-refractivity contribution in [3.63, 3.8) is 0 Å². The lowest BCUT2D eigenvalue weighted by molar-refractivity contribution is -0.119. The lowest BCUT2D eigenvalue weighted by atomic mass is 10.1. The zero-order valence-electron chi connectivity index (χ0n) is 13.5. The van der Waals surface area contributed by atoms with Crippen LogP contribution in [0.1, 0.15) is 24.0 Å². The van der Waals surface area contributed by atoms with Crippen LogP contribution >= 0.6 is 0 Å². The first-order valence-corrected chi connectivity index (χ1v) is 8.20. The Balaban J connectivity index is 1.63. The molecule has 4 nitrogen and oxygen atoms in total. The Morgan fingerprint density at radius 2 is 1.96 bits per heavy atom. The third kappa shape index (κ3) is 4.04. The van der Waals surface area contributed by atoms with Gasteiger partial charge >= 0.3 is 0 Å². The molecule has 0 unspecified atom stereocenters. The zero-order valence-corrected chi connectivity index (χ0v) is 13.5. The van der Waals surface area contributed by atoms with Gasteiger partial charge in [0.05, 0.1) is 6.54 Å². The molecule has 3 rings (SSSR count). The number of aryl methyl sites for hydroxylation is 1. The van der Waals surface area contributed by atoms with Crippen molar-refractivity contribution in [2.75, 3.05) is 18.0 Å². The first-order valence-electron chi connectivity index (χ1n) is 8.20. The number of carbonyl (C=O) groups is 1. The molecule has 0 fully saturated rings. The van der Waals surface area contributed by atoms with Crippen LogP contribution in [0.15, 0.2) is 42.5 Å². The molecule has 0 spiro atoms. The first kappa shape index (κ1) is 16.3. The van der Waals surface area contributed by atoms with Gasteiger partial charge in [-0.2, -0.15) is 0 Å². The van der Waals surface area contributed by atoms with Crippen LogP contribution in [0.5, 0.6) is 5.75 Å². The maximum Gasteiger partial charge on any atom is 0.239 e. The Morgan fingerprint density at radius 3 is 2.75 bits per heavy atom. The third-order valence-electron chi connectivity index (χ3n) is 4.27. The number of hydrogen-bond acceptors (Lipinski definition) is 3. The van der Waals surface area contributed by atoms with Gasteiger partial charge in [-0.3, -0.25) is 4.79 Å². The Morgan fingerprint density at radius 1 is 1.17 bits per heavy atom. The van der Waals surface area contributed by atoms with Crippen molar-refractivity contribution < 1.29 is 14.3 Å². The minimum atomic E-state index is -0.273. The summed E-state index contributed by atoms with van der Waals surface area (Å²) in [5, 5.41) is 12.1. The first-order chi connectivity index (χ1) is 11.6. The molecule has 0 saturated heterocycles. The quantitative estimate of drug-likeness (QED) is 0.907. The zero-order chi connectivity index (χ0) is 16.9. The van der Waals surface area contributed by atoms with Gasteiger partial charge in [0.1, 0.15) is 11.6 Å². The van der Waals surface area contributed by atoms with Crippen LogP contribution in [0.2, 0.25) is 0 Å². The number of nitrogens with one attached hydrogen (secondary N) is 1. The van der Waals surface area contributed by atoms with Gasteiger partial charge in [-0.25, -0.2) is 4.39 Å². The highest BCUT2D eigenvalue weighted by molar-refractivity contribution is 5.81. The van der Waals surface area contributed by atoms with Crippen LogP contribution in [0.25, 0.3) is 0 Å². The second-order valence-corrected chi connectivity index (χ2v) is 6.09. The standard InChI is InChI=1S/C19H21FN2O2/c20-16-7-6-15-3-1-2-10-22(18(15)11-16)13-19(24)21-12-14-4-8-17(23)9-5-14/h4-9,11,23H,1-3,10,12-13H2,(H,21,24). The number of anilines is 1. The van der Waals surface area contributed by atoms with Crippen LogP contribution in [0, 0.1) is 5.82 Å². The molecule has 1 amide bonds. The molecule has 1 aliphatic heterocycles. The second kappa shape index (κ2) is 7.34. The van der Waals surface area contributed by atoms with Crippen LogP contribution in [0.3, 0.4) is 0 Å². The summed E-state index contributed by atoms with van der Waals surface area (Å²) in [7, 11) is 0. The van der Waals surface area contributed by atoms with E-state index in [1.54, 1.807) is 24.3 Å². The lowest BCUT2D eigenvalue weighted by Gasteiger charge is -2.24. The van der Waals surface area contributed by atoms with Crippen molar-refractivity contribution in [2.45, 2.75) is 25.8 Å². The maximum absolute atomic E-state index is 13.6. The molecule has 0 aromatic heterocycles. The highest BCUT2D eigenvalue weighted by Crippen LogP contribution is 2.27. The van der Waals surface area contributed by atoms with E-state index >= 15 is 0 Å². The Hall–Kier alpha value is -2.56. The Kier molecular flexibility index (Phi) is 4.99. The van der Waals surface area contributed by atoms with Crippen molar-refractivity contribution in [1.29, 1.82) is 0 Å². The molecule has 0 bridgehead atoms. The number of benzene rings is 2. The number of phenols is 1. The summed E-state index contributed by atoms with van der Waals surface area (Å²) in [5.74, 6) is -0.168. The summed E-state index contributed by atoms with van der Waals surface area (Å²) in [6, 6.07) is 11.5. The minimum Gasteiger partial charge on any atom is -0.508 e. The van der Waals surface area contributed by atoms with E-state index in [-0.39, 0.29) is 24.0 Å². The predicted octanol–water partition coefficient (Wildman–Crippen LogP) is 2.99. The van der Waals surface area contributed by atoms with Crippen LogP contribution in [-0.2, 0) is 17.8 Å². The van der Waals surface area contributed by atoms with Crippen molar-refractivity contribution in [1.82, 2.24) is 5.32 Å². The predicted molar refractivity (Wildman–Crippen MR) is 91.5 cm³/mol. The number of halogens is 1. The van der Waals surface area contributed by atoms with E-state index < -0.39 is 0 Å². The highest BCUT2D eigenvalue weighted by Gasteiger charge is 2.18. The summed E-state index contributed by atoms with van der Waals surface area (Å²) >= 11 is 0. The molecule has 0 saturated carbocycles. The van der Waals surface area contributed by atoms with E-state index in [0.717, 1.165) is 42.6 Å². The molecule has 126 valence electrons. The summed E-state index contributed by atoms with van der Waals surface area (Å²) in [6.45, 7) is 1.38. The third-order valence-corrected chi connectivity index (χ3v) is 4.27. The van der Waals surface area contributed by atoms with E-state index in [4.69, 9.17) is 0 Å². The van der Waals surface area contributed by atoms with Gasteiger partial charge in [-0.1, -0.05) is 18.2 Å². The molecule has 1 aliphatic rings. The second-order valence-electron chi connectivity index (χ2n) is 6.09. The molecule has 2 aromatic carbocycles. The van der Waals surface area contributed by atoms with E-state index in [1.807, 2.05) is 11.0 Å². The molecular formula is C19H21FN2O2. The molecule has 1 heterocycles. The molecule has 24 heavy (non-hydrogen) atoms. The SMILES string of the molecule is O=C(CN1CCCCc2ccc(F)cc21)NCc1ccc(O)cc1. The van der Waals surface area contributed by atoms with Gasteiger partial charge in [0.2, 0.25) is 5.91 Å². The fourth-order valence-electron chi connectivity index (χ4n) is 2.99. The van der Waals surface area contributed by atoms with Gasteiger partial charge in [-0.15, -0.1) is 0 Å². The number of hydrogen-bond donors (Lipinski definition) is 2. The fourth-order valence-corrected chi connectivity index (χ4v) is 2.99. The molecule has 5 heteroatoms. The van der Waals surface area contributed by atoms with Crippen molar-refractivity contribution in [3.05, 3.63) is 59.4 Å². The summed E-state index contributed by atoms with van der Waals surface area (Å²) in [4.78, 5) is 14.2.